The lowest BCUT2D eigenvalue weighted by molar-refractivity contribution is -0.147. The Bertz CT molecular complexity index is 7110. The van der Waals surface area contributed by atoms with Crippen LogP contribution in [0, 0.1) is 20.1 Å². The molecule has 0 atom stereocenters. The Balaban J connectivity index is 0.000000191. The maximum atomic E-state index is 12.6. The van der Waals surface area contributed by atoms with Gasteiger partial charge in [0.2, 0.25) is 35.7 Å². The highest BCUT2D eigenvalue weighted by molar-refractivity contribution is 6.47. The first-order valence-electron chi connectivity index (χ1n) is 46.4. The summed E-state index contributed by atoms with van der Waals surface area (Å²) in [6.07, 6.45) is 9.41. The smallest absolute Gasteiger partial charge is 0.331 e. The number of carbonyl (C=O) groups excluding carboxylic acids is 6. The van der Waals surface area contributed by atoms with Crippen molar-refractivity contribution >= 4 is 156 Å². The number of hydrogen-bond donors (Lipinski definition) is 5. The number of allylic oxidation sites excluding steroid dienone is 5. The van der Waals surface area contributed by atoms with Crippen molar-refractivity contribution in [3.63, 3.8) is 0 Å². The van der Waals surface area contributed by atoms with Gasteiger partial charge >= 0.3 is 17.9 Å². The summed E-state index contributed by atoms with van der Waals surface area (Å²) in [6.45, 7) is 56.2. The van der Waals surface area contributed by atoms with Gasteiger partial charge in [0.15, 0.2) is 43.3 Å². The maximum Gasteiger partial charge on any atom is 0.331 e. The molecule has 778 valence electrons. The van der Waals surface area contributed by atoms with Gasteiger partial charge in [-0.05, 0) is 139 Å². The number of unbranched alkanes of at least 4 members (excludes halogenated alkanes) is 3. The van der Waals surface area contributed by atoms with Crippen molar-refractivity contribution in [3.05, 3.63) is 311 Å². The highest BCUT2D eigenvalue weighted by Crippen LogP contribution is 2.41. The van der Waals surface area contributed by atoms with Gasteiger partial charge in [-0.3, -0.25) is 47.6 Å². The van der Waals surface area contributed by atoms with Gasteiger partial charge in [0.1, 0.15) is 47.2 Å². The third kappa shape index (κ3) is 33.5. The molecule has 8 heterocycles. The predicted octanol–water partition coefficient (Wildman–Crippen LogP) is 23.5. The SMILES string of the molecule is C=C(C)OCOCCCCCCOc1ccccc1-c1cn2c(=O)cc(C(C)(C)C)[nH]c2n1.C=C(C)OCOc1cc(C)nn1-c1c(Cl)cc(Cl)cc1Cl.C=C(C)c1ccc(CNC(=O)C2=NN(c3c(Cl)cc(Cl)cc3Cl)C(=O)C2)cc1.[C-]#[N+]c1cn2[nH]c(-c3cccc(NC(=O)CCC(=O)OCCOCOC(=C)C)c3)nc2c1C(=O)OCC.[C-]#[N+]c1cn2[nH]c(-c3ccccc3CC)nc2c1C(=O)OCCOCOC(=C)C. The summed E-state index contributed by atoms with van der Waals surface area (Å²) >= 11 is 36.5. The Morgan fingerprint density at radius 2 is 1.10 bits per heavy atom. The summed E-state index contributed by atoms with van der Waals surface area (Å²) in [5.41, 5.74) is 11.0. The second kappa shape index (κ2) is 56.1. The number of nitrogens with zero attached hydrogens (tertiary/aromatic N) is 12. The van der Waals surface area contributed by atoms with Gasteiger partial charge < -0.3 is 72.5 Å². The Morgan fingerprint density at radius 1 is 0.554 bits per heavy atom. The van der Waals surface area contributed by atoms with Gasteiger partial charge in [-0.2, -0.15) is 19.9 Å². The molecule has 14 rings (SSSR count). The molecule has 7 aromatic heterocycles. The first kappa shape index (κ1) is 115. The molecule has 5 N–H and O–H groups in total. The van der Waals surface area contributed by atoms with Crippen LogP contribution in [-0.4, -0.2) is 168 Å². The summed E-state index contributed by atoms with van der Waals surface area (Å²) in [6, 6.07) is 39.8. The lowest BCUT2D eigenvalue weighted by Crippen LogP contribution is -2.30. The van der Waals surface area contributed by atoms with Gasteiger partial charge in [0.25, 0.3) is 17.4 Å². The van der Waals surface area contributed by atoms with Crippen LogP contribution in [0.3, 0.4) is 0 Å². The summed E-state index contributed by atoms with van der Waals surface area (Å²) in [5, 5.41) is 23.0. The van der Waals surface area contributed by atoms with Crippen LogP contribution in [0.2, 0.25) is 30.1 Å². The fourth-order valence-corrected chi connectivity index (χ4v) is 15.7. The van der Waals surface area contributed by atoms with E-state index >= 15 is 0 Å². The van der Waals surface area contributed by atoms with Crippen LogP contribution >= 0.6 is 69.6 Å². The molecule has 1 aliphatic rings. The van der Waals surface area contributed by atoms with E-state index in [1.54, 1.807) is 104 Å². The molecule has 0 saturated carbocycles. The van der Waals surface area contributed by atoms with Crippen LogP contribution in [0.5, 0.6) is 11.6 Å². The summed E-state index contributed by atoms with van der Waals surface area (Å²) in [7, 11) is 0. The van der Waals surface area contributed by atoms with E-state index in [0.29, 0.717) is 114 Å². The highest BCUT2D eigenvalue weighted by Gasteiger charge is 2.33. The highest BCUT2D eigenvalue weighted by atomic mass is 35.5. The van der Waals surface area contributed by atoms with Crippen LogP contribution < -0.4 is 30.7 Å². The van der Waals surface area contributed by atoms with E-state index in [-0.39, 0.29) is 146 Å². The number of para-hydroxylation sites is 1. The van der Waals surface area contributed by atoms with E-state index in [1.807, 2.05) is 86.6 Å². The zero-order valence-corrected chi connectivity index (χ0v) is 88.0. The number of carbonyl (C=O) groups is 6. The van der Waals surface area contributed by atoms with Gasteiger partial charge in [0, 0.05) is 87.2 Å². The lowest BCUT2D eigenvalue weighted by atomic mass is 9.92. The maximum absolute atomic E-state index is 12.6. The molecular formula is C106H113Cl6N17O19. The molecule has 6 aromatic carbocycles. The van der Waals surface area contributed by atoms with E-state index in [9.17, 15) is 33.6 Å². The molecule has 3 amide bonds. The van der Waals surface area contributed by atoms with Crippen LogP contribution in [-0.2, 0) is 84.9 Å². The van der Waals surface area contributed by atoms with Crippen LogP contribution in [0.1, 0.15) is 163 Å². The molecule has 0 radical (unpaired) electrons. The molecule has 0 bridgehead atoms. The number of imidazole rings is 1. The number of benzene rings is 6. The number of hydrogen-bond acceptors (Lipinski definition) is 24. The van der Waals surface area contributed by atoms with E-state index in [4.69, 9.17) is 140 Å². The zero-order chi connectivity index (χ0) is 107. The first-order chi connectivity index (χ1) is 70.8. The van der Waals surface area contributed by atoms with E-state index in [1.165, 1.54) is 27.5 Å². The quantitative estimate of drug-likeness (QED) is 0.00591. The minimum absolute atomic E-state index is 0.0172. The molecule has 1 aliphatic heterocycles. The average molecular weight is 2140 g/mol. The number of aromatic amines is 3. The summed E-state index contributed by atoms with van der Waals surface area (Å²) in [4.78, 5) is 110. The fourth-order valence-electron chi connectivity index (χ4n) is 13.7. The summed E-state index contributed by atoms with van der Waals surface area (Å²) in [5.74, 6) is 2.14. The number of H-pyrrole nitrogens is 3. The molecule has 0 fully saturated rings. The van der Waals surface area contributed by atoms with Crippen molar-refractivity contribution in [2.24, 2.45) is 5.10 Å². The number of halogens is 6. The second-order valence-electron chi connectivity index (χ2n) is 33.9. The van der Waals surface area contributed by atoms with Crippen molar-refractivity contribution in [2.75, 3.05) is 83.7 Å². The van der Waals surface area contributed by atoms with Crippen molar-refractivity contribution in [3.8, 4) is 51.3 Å². The van der Waals surface area contributed by atoms with Gasteiger partial charge in [-0.25, -0.2) is 34.2 Å². The Kier molecular flexibility index (Phi) is 43.6. The van der Waals surface area contributed by atoms with Crippen molar-refractivity contribution in [1.29, 1.82) is 0 Å². The van der Waals surface area contributed by atoms with Crippen molar-refractivity contribution in [2.45, 2.75) is 139 Å². The van der Waals surface area contributed by atoms with Gasteiger partial charge in [0.05, 0.1) is 114 Å². The number of fused-ring (bicyclic) bond motifs is 3. The number of esters is 3. The molecule has 42 heteroatoms. The van der Waals surface area contributed by atoms with E-state index < -0.39 is 29.7 Å². The number of amides is 3. The lowest BCUT2D eigenvalue weighted by Gasteiger charge is -2.18. The molecule has 0 spiro atoms. The van der Waals surface area contributed by atoms with Crippen LogP contribution in [0.25, 0.3) is 72.1 Å². The number of aryl methyl sites for hydroxylation is 2. The first-order valence-corrected chi connectivity index (χ1v) is 48.6. The fraction of sp³-hybridized carbons (Fsp3) is 0.302. The molecule has 0 aliphatic carbocycles. The Labute approximate surface area is 885 Å². The molecule has 0 unspecified atom stereocenters. The van der Waals surface area contributed by atoms with E-state index in [2.05, 4.69) is 121 Å². The molecule has 0 saturated heterocycles. The molecule has 148 heavy (non-hydrogen) atoms. The number of nitrogens with one attached hydrogen (secondary N) is 5. The number of hydrazone groups is 1. The number of aromatic nitrogens is 11. The normalized spacial score (nSPS) is 11.4. The standard InChI is InChI=1S/C26H35N3O4.C25H27N5O7.C21H22N4O4.C20H16Cl3N3O2.C14H13Cl3N2O2/c1-19(2)33-18-31-14-10-6-7-11-15-32-22-13-9-8-12-20(22)21-17-29-24(30)16-23(26(3,4)5)28-25(29)27-21;1-5-35-25(33)22-19(26-4)14-30-24(22)28-23(29-30)17-7-6-8-18(13-17)27-20(31)9-10-21(32)36-12-11-34-15-37-16(2)3;1-5-15-8-6-7-9-16(15)19-23-20-18(17(22-4)12-25(20)24-19)21(26)28-11-10-27-13-29-14(2)3;1-11(2)13-5-3-12(4-6-13)10-24-20(28)17-9-18(27)26(25-17)19-15(22)7-14(21)8-16(19)23;1-8(2)20-7-21-13-4-9(3)18-19(13)14-11(16)5-10(15)6-12(14)17/h8-9,12-13,16-17H,1,6-7,10-11,14-15,18H2,2-5H3,(H,27,28);6-8,13-14H,2,5,9-12,15H2,1,3H3,(H,27,31)(H,28,29);6-9,12H,2,5,10-11,13H2,1,3H3,(H,23,24);3-8H,1,9-10H2,2H3,(H,24,28);4-6H,1,7H2,2-3H3. The third-order valence-corrected chi connectivity index (χ3v) is 22.6. The Morgan fingerprint density at radius 3 is 1.68 bits per heavy atom. The van der Waals surface area contributed by atoms with Crippen molar-refractivity contribution in [1.82, 2.24) is 58.7 Å². The van der Waals surface area contributed by atoms with Crippen molar-refractivity contribution < 1.29 is 85.6 Å². The van der Waals surface area contributed by atoms with Crippen LogP contribution in [0.15, 0.2) is 218 Å². The topological polar surface area (TPSA) is 396 Å². The van der Waals surface area contributed by atoms with E-state index in [0.717, 1.165) is 87.6 Å². The minimum Gasteiger partial charge on any atom is -0.493 e. The second-order valence-corrected chi connectivity index (χ2v) is 36.4. The zero-order valence-electron chi connectivity index (χ0n) is 83.5. The molecule has 36 nitrogen and oxygen atoms in total. The number of rotatable bonds is 44. The third-order valence-electron chi connectivity index (χ3n) is 21.0. The monoisotopic (exact) mass is 2140 g/mol. The summed E-state index contributed by atoms with van der Waals surface area (Å²) < 4.78 is 69.2. The molecule has 13 aromatic rings. The minimum atomic E-state index is -0.627. The number of anilines is 2. The van der Waals surface area contributed by atoms with Crippen LogP contribution in [0.4, 0.5) is 22.7 Å². The van der Waals surface area contributed by atoms with Gasteiger partial charge in [-0.1, -0.05) is 215 Å². The predicted molar refractivity (Wildman–Crippen MR) is 570 cm³/mol. The van der Waals surface area contributed by atoms with Gasteiger partial charge in [-0.15, -0.1) is 0 Å². The number of ether oxygens (including phenoxy) is 12. The average Bonchev–Trinajstić information content (AvgIpc) is 1.61. The molecular weight excluding hydrogens is 2030 g/mol. The largest absolute Gasteiger partial charge is 0.493 e. The Hall–Kier alpha value is -15.0.